The Hall–Kier alpha value is -2.60. The van der Waals surface area contributed by atoms with Gasteiger partial charge in [0, 0.05) is 17.9 Å². The molecule has 0 N–H and O–H groups in total. The van der Waals surface area contributed by atoms with Gasteiger partial charge in [-0.05, 0) is 43.5 Å². The molecule has 1 aromatic heterocycles. The maximum absolute atomic E-state index is 12.8. The summed E-state index contributed by atoms with van der Waals surface area (Å²) in [6, 6.07) is 16.3. The van der Waals surface area contributed by atoms with Crippen LogP contribution >= 0.6 is 11.8 Å². The molecule has 5 nitrogen and oxygen atoms in total. The highest BCUT2D eigenvalue weighted by Gasteiger charge is 2.22. The lowest BCUT2D eigenvalue weighted by Crippen LogP contribution is -2.36. The van der Waals surface area contributed by atoms with Gasteiger partial charge in [-0.1, -0.05) is 47.7 Å². The molecule has 1 aliphatic rings. The van der Waals surface area contributed by atoms with Gasteiger partial charge >= 0.3 is 0 Å². The molecule has 4 rings (SSSR count). The van der Waals surface area contributed by atoms with Crippen LogP contribution in [0.4, 0.5) is 5.69 Å². The van der Waals surface area contributed by atoms with Gasteiger partial charge in [0.15, 0.2) is 5.16 Å². The van der Waals surface area contributed by atoms with E-state index in [9.17, 15) is 4.79 Å². The second kappa shape index (κ2) is 7.33. The molecule has 0 aliphatic carbocycles. The van der Waals surface area contributed by atoms with Crippen molar-refractivity contribution in [1.82, 2.24) is 14.8 Å². The Labute approximate surface area is 157 Å². The van der Waals surface area contributed by atoms with Crippen molar-refractivity contribution < 1.29 is 4.79 Å². The first-order chi connectivity index (χ1) is 12.7. The second-order valence-corrected chi connectivity index (χ2v) is 7.33. The number of hydrogen-bond acceptors (Lipinski definition) is 4. The Bertz CT molecular complexity index is 920. The first kappa shape index (κ1) is 16.8. The number of para-hydroxylation sites is 1. The van der Waals surface area contributed by atoms with Crippen molar-refractivity contribution in [2.45, 2.75) is 24.9 Å². The SMILES string of the molecule is Cc1ccc(-n2cnnc2SCC(=O)N2CCCc3ccccc32)cc1. The molecule has 3 aromatic rings. The number of aromatic nitrogens is 3. The van der Waals surface area contributed by atoms with Gasteiger partial charge in [-0.15, -0.1) is 10.2 Å². The number of carbonyl (C=O) groups is 1. The third-order valence-electron chi connectivity index (χ3n) is 4.56. The molecule has 2 heterocycles. The fourth-order valence-corrected chi connectivity index (χ4v) is 4.01. The van der Waals surface area contributed by atoms with Crippen molar-refractivity contribution in [1.29, 1.82) is 0 Å². The Morgan fingerprint density at radius 2 is 1.96 bits per heavy atom. The van der Waals surface area contributed by atoms with E-state index in [2.05, 4.69) is 35.3 Å². The zero-order valence-electron chi connectivity index (χ0n) is 14.6. The van der Waals surface area contributed by atoms with Crippen LogP contribution in [0.15, 0.2) is 60.0 Å². The van der Waals surface area contributed by atoms with Crippen LogP contribution in [0.5, 0.6) is 0 Å². The Morgan fingerprint density at radius 1 is 1.15 bits per heavy atom. The number of anilines is 1. The van der Waals surface area contributed by atoms with Crippen molar-refractivity contribution in [2.24, 2.45) is 0 Å². The highest BCUT2D eigenvalue weighted by Crippen LogP contribution is 2.28. The number of thioether (sulfide) groups is 1. The zero-order chi connectivity index (χ0) is 17.9. The minimum atomic E-state index is 0.112. The third-order valence-corrected chi connectivity index (χ3v) is 5.49. The minimum Gasteiger partial charge on any atom is -0.311 e. The van der Waals surface area contributed by atoms with E-state index in [-0.39, 0.29) is 5.91 Å². The van der Waals surface area contributed by atoms with E-state index in [1.165, 1.54) is 22.9 Å². The molecule has 0 fully saturated rings. The van der Waals surface area contributed by atoms with E-state index in [4.69, 9.17) is 0 Å². The first-order valence-electron chi connectivity index (χ1n) is 8.70. The quantitative estimate of drug-likeness (QED) is 0.663. The molecule has 132 valence electrons. The fourth-order valence-electron chi connectivity index (χ4n) is 3.20. The smallest absolute Gasteiger partial charge is 0.237 e. The van der Waals surface area contributed by atoms with Crippen molar-refractivity contribution in [3.8, 4) is 5.69 Å². The number of hydrogen-bond donors (Lipinski definition) is 0. The average Bonchev–Trinajstić information content (AvgIpc) is 3.15. The van der Waals surface area contributed by atoms with Gasteiger partial charge < -0.3 is 4.90 Å². The molecule has 0 unspecified atom stereocenters. The summed E-state index contributed by atoms with van der Waals surface area (Å²) in [5, 5.41) is 8.93. The highest BCUT2D eigenvalue weighted by atomic mass is 32.2. The zero-order valence-corrected chi connectivity index (χ0v) is 15.4. The van der Waals surface area contributed by atoms with Gasteiger partial charge in [0.05, 0.1) is 5.75 Å². The highest BCUT2D eigenvalue weighted by molar-refractivity contribution is 7.99. The molecule has 0 atom stereocenters. The van der Waals surface area contributed by atoms with Crippen LogP contribution < -0.4 is 4.90 Å². The topological polar surface area (TPSA) is 51.0 Å². The van der Waals surface area contributed by atoms with Crippen molar-refractivity contribution >= 4 is 23.4 Å². The number of amides is 1. The van der Waals surface area contributed by atoms with E-state index in [0.29, 0.717) is 5.75 Å². The van der Waals surface area contributed by atoms with Gasteiger partial charge in [-0.25, -0.2) is 0 Å². The normalized spacial score (nSPS) is 13.5. The number of carbonyl (C=O) groups excluding carboxylic acids is 1. The second-order valence-electron chi connectivity index (χ2n) is 6.39. The molecule has 6 heteroatoms. The lowest BCUT2D eigenvalue weighted by atomic mass is 10.0. The molecule has 2 aromatic carbocycles. The molecule has 0 saturated carbocycles. The summed E-state index contributed by atoms with van der Waals surface area (Å²) in [6.45, 7) is 2.84. The summed E-state index contributed by atoms with van der Waals surface area (Å²) in [6.07, 6.45) is 3.73. The minimum absolute atomic E-state index is 0.112. The van der Waals surface area contributed by atoms with Gasteiger partial charge in [0.25, 0.3) is 0 Å². The maximum Gasteiger partial charge on any atom is 0.237 e. The van der Waals surface area contributed by atoms with Crippen LogP contribution in [0.1, 0.15) is 17.5 Å². The molecular formula is C20H20N4OS. The number of nitrogens with zero attached hydrogens (tertiary/aromatic N) is 4. The molecule has 0 radical (unpaired) electrons. The van der Waals surface area contributed by atoms with Crippen molar-refractivity contribution in [2.75, 3.05) is 17.2 Å². The van der Waals surface area contributed by atoms with Crippen LogP contribution in [0, 0.1) is 6.92 Å². The Morgan fingerprint density at radius 3 is 2.81 bits per heavy atom. The van der Waals surface area contributed by atoms with E-state index in [1.807, 2.05) is 39.8 Å². The van der Waals surface area contributed by atoms with Gasteiger partial charge in [-0.3, -0.25) is 9.36 Å². The van der Waals surface area contributed by atoms with E-state index in [0.717, 1.165) is 35.9 Å². The Kier molecular flexibility index (Phi) is 4.75. The van der Waals surface area contributed by atoms with Crippen LogP contribution in [0.3, 0.4) is 0 Å². The summed E-state index contributed by atoms with van der Waals surface area (Å²) in [4.78, 5) is 14.7. The van der Waals surface area contributed by atoms with E-state index in [1.54, 1.807) is 6.33 Å². The number of fused-ring (bicyclic) bond motifs is 1. The molecule has 0 spiro atoms. The van der Waals surface area contributed by atoms with Crippen LogP contribution in [0.2, 0.25) is 0 Å². The van der Waals surface area contributed by atoms with Gasteiger partial charge in [-0.2, -0.15) is 0 Å². The third kappa shape index (κ3) is 3.37. The predicted octanol–water partition coefficient (Wildman–Crippen LogP) is 3.65. The first-order valence-corrected chi connectivity index (χ1v) is 9.69. The lowest BCUT2D eigenvalue weighted by Gasteiger charge is -2.29. The largest absolute Gasteiger partial charge is 0.311 e. The van der Waals surface area contributed by atoms with Gasteiger partial charge in [0.2, 0.25) is 5.91 Å². The summed E-state index contributed by atoms with van der Waals surface area (Å²) >= 11 is 1.43. The van der Waals surface area contributed by atoms with Crippen LogP contribution in [0.25, 0.3) is 5.69 Å². The standard InChI is InChI=1S/C20H20N4OS/c1-15-8-10-17(11-9-15)24-14-21-22-20(24)26-13-19(25)23-12-4-6-16-5-2-3-7-18(16)23/h2-3,5,7-11,14H,4,6,12-13H2,1H3. The molecule has 1 amide bonds. The van der Waals surface area contributed by atoms with Crippen molar-refractivity contribution in [3.05, 3.63) is 66.0 Å². The molecule has 1 aliphatic heterocycles. The van der Waals surface area contributed by atoms with Gasteiger partial charge in [0.1, 0.15) is 6.33 Å². The predicted molar refractivity (Wildman–Crippen MR) is 104 cm³/mol. The molecule has 0 saturated heterocycles. The number of aryl methyl sites for hydroxylation is 2. The van der Waals surface area contributed by atoms with Crippen molar-refractivity contribution in [3.63, 3.8) is 0 Å². The van der Waals surface area contributed by atoms with Crippen LogP contribution in [-0.4, -0.2) is 33.0 Å². The molecule has 0 bridgehead atoms. The Balaban J connectivity index is 1.48. The average molecular weight is 364 g/mol. The summed E-state index contributed by atoms with van der Waals surface area (Å²) < 4.78 is 1.92. The molecule has 26 heavy (non-hydrogen) atoms. The number of benzene rings is 2. The summed E-state index contributed by atoms with van der Waals surface area (Å²) in [5.41, 5.74) is 4.50. The summed E-state index contributed by atoms with van der Waals surface area (Å²) in [5.74, 6) is 0.458. The van der Waals surface area contributed by atoms with Crippen LogP contribution in [-0.2, 0) is 11.2 Å². The molecular weight excluding hydrogens is 344 g/mol. The monoisotopic (exact) mass is 364 g/mol. The number of rotatable bonds is 4. The fraction of sp³-hybridized carbons (Fsp3) is 0.250. The van der Waals surface area contributed by atoms with E-state index >= 15 is 0 Å². The maximum atomic E-state index is 12.8. The lowest BCUT2D eigenvalue weighted by molar-refractivity contribution is -0.116. The van der Waals surface area contributed by atoms with E-state index < -0.39 is 0 Å². The summed E-state index contributed by atoms with van der Waals surface area (Å²) in [7, 11) is 0.